The first-order chi connectivity index (χ1) is 8.31. The fourth-order valence-corrected chi connectivity index (χ4v) is 0.957. The molecule has 1 amide bonds. The van der Waals surface area contributed by atoms with Gasteiger partial charge in [-0.2, -0.15) is 13.2 Å². The number of alkyl halides is 3. The van der Waals surface area contributed by atoms with E-state index in [-0.39, 0.29) is 6.54 Å². The zero-order valence-corrected chi connectivity index (χ0v) is 10.6. The molecule has 0 spiro atoms. The first-order valence-electron chi connectivity index (χ1n) is 5.58. The van der Waals surface area contributed by atoms with Crippen LogP contribution in [0.2, 0.25) is 0 Å². The lowest BCUT2D eigenvalue weighted by Gasteiger charge is -2.11. The molecule has 0 unspecified atom stereocenters. The second-order valence-electron chi connectivity index (χ2n) is 3.98. The van der Waals surface area contributed by atoms with E-state index in [4.69, 9.17) is 4.74 Å². The summed E-state index contributed by atoms with van der Waals surface area (Å²) in [6.45, 7) is 0.772. The highest BCUT2D eigenvalue weighted by molar-refractivity contribution is 5.77. The van der Waals surface area contributed by atoms with Crippen LogP contribution in [0.5, 0.6) is 0 Å². The predicted molar refractivity (Wildman–Crippen MR) is 61.3 cm³/mol. The van der Waals surface area contributed by atoms with Gasteiger partial charge >= 0.3 is 6.18 Å². The maximum atomic E-state index is 11.7. The molecule has 0 heterocycles. The molecule has 0 aromatic heterocycles. The van der Waals surface area contributed by atoms with E-state index in [9.17, 15) is 18.0 Å². The Kier molecular flexibility index (Phi) is 8.69. The third kappa shape index (κ3) is 13.2. The summed E-state index contributed by atoms with van der Waals surface area (Å²) in [7, 11) is 3.85. The van der Waals surface area contributed by atoms with Gasteiger partial charge in [-0.15, -0.1) is 0 Å². The standard InChI is InChI=1S/C10H20F3N3O2/c1-16(2)4-6-18-5-3-14-7-9(17)15-8-10(11,12)13/h14H,3-8H2,1-2H3,(H,15,17). The van der Waals surface area contributed by atoms with E-state index < -0.39 is 18.6 Å². The summed E-state index contributed by atoms with van der Waals surface area (Å²) in [5.74, 6) is -0.680. The number of ether oxygens (including phenoxy) is 1. The Morgan fingerprint density at radius 2 is 1.94 bits per heavy atom. The normalized spacial score (nSPS) is 11.9. The third-order valence-electron chi connectivity index (χ3n) is 1.88. The molecule has 5 nitrogen and oxygen atoms in total. The van der Waals surface area contributed by atoms with Gasteiger partial charge in [-0.3, -0.25) is 4.79 Å². The van der Waals surface area contributed by atoms with Gasteiger partial charge < -0.3 is 20.3 Å². The molecule has 0 aromatic carbocycles. The first kappa shape index (κ1) is 17.1. The summed E-state index contributed by atoms with van der Waals surface area (Å²) in [5.41, 5.74) is 0. The maximum Gasteiger partial charge on any atom is 0.405 e. The minimum absolute atomic E-state index is 0.146. The molecule has 0 aliphatic carbocycles. The maximum absolute atomic E-state index is 11.7. The Balaban J connectivity index is 3.31. The van der Waals surface area contributed by atoms with Crippen LogP contribution >= 0.6 is 0 Å². The van der Waals surface area contributed by atoms with Crippen LogP contribution in [0, 0.1) is 0 Å². The molecule has 0 saturated carbocycles. The second kappa shape index (κ2) is 9.12. The zero-order chi connectivity index (χ0) is 14.0. The minimum atomic E-state index is -4.37. The van der Waals surface area contributed by atoms with E-state index in [1.807, 2.05) is 19.0 Å². The quantitative estimate of drug-likeness (QED) is 0.572. The molecule has 108 valence electrons. The van der Waals surface area contributed by atoms with Gasteiger partial charge in [0.15, 0.2) is 0 Å². The molecule has 0 atom stereocenters. The van der Waals surface area contributed by atoms with E-state index in [2.05, 4.69) is 5.32 Å². The molecule has 0 bridgehead atoms. The van der Waals surface area contributed by atoms with Crippen molar-refractivity contribution in [2.24, 2.45) is 0 Å². The highest BCUT2D eigenvalue weighted by Crippen LogP contribution is 2.11. The van der Waals surface area contributed by atoms with Crippen molar-refractivity contribution in [2.45, 2.75) is 6.18 Å². The highest BCUT2D eigenvalue weighted by atomic mass is 19.4. The number of nitrogens with one attached hydrogen (secondary N) is 2. The van der Waals surface area contributed by atoms with E-state index in [0.29, 0.717) is 19.8 Å². The van der Waals surface area contributed by atoms with Gasteiger partial charge in [0.25, 0.3) is 0 Å². The topological polar surface area (TPSA) is 53.6 Å². The number of carbonyl (C=O) groups is 1. The van der Waals surface area contributed by atoms with Crippen molar-refractivity contribution >= 4 is 5.91 Å². The van der Waals surface area contributed by atoms with Crippen LogP contribution in [0.1, 0.15) is 0 Å². The molecule has 0 saturated heterocycles. The Hall–Kier alpha value is -0.860. The molecule has 0 fully saturated rings. The highest BCUT2D eigenvalue weighted by Gasteiger charge is 2.27. The Morgan fingerprint density at radius 1 is 1.28 bits per heavy atom. The van der Waals surface area contributed by atoms with E-state index in [0.717, 1.165) is 6.54 Å². The largest absolute Gasteiger partial charge is 0.405 e. The number of carbonyl (C=O) groups excluding carboxylic acids is 1. The van der Waals surface area contributed by atoms with Crippen LogP contribution in [-0.4, -0.2) is 70.5 Å². The monoisotopic (exact) mass is 271 g/mol. The fraction of sp³-hybridized carbons (Fsp3) is 0.900. The summed E-state index contributed by atoms with van der Waals surface area (Å²) in [6.07, 6.45) is -4.37. The molecule has 0 aromatic rings. The smallest absolute Gasteiger partial charge is 0.379 e. The van der Waals surface area contributed by atoms with Crippen molar-refractivity contribution in [3.8, 4) is 0 Å². The molecule has 0 radical (unpaired) electrons. The molecule has 0 aliphatic rings. The van der Waals surface area contributed by atoms with Gasteiger partial charge in [-0.1, -0.05) is 0 Å². The SMILES string of the molecule is CN(C)CCOCCNCC(=O)NCC(F)(F)F. The predicted octanol–water partition coefficient (Wildman–Crippen LogP) is -0.167. The molecular formula is C10H20F3N3O2. The summed E-state index contributed by atoms with van der Waals surface area (Å²) in [6, 6.07) is 0. The Morgan fingerprint density at radius 3 is 2.50 bits per heavy atom. The lowest BCUT2D eigenvalue weighted by atomic mass is 10.5. The number of amides is 1. The Bertz CT molecular complexity index is 235. The average Bonchev–Trinajstić information content (AvgIpc) is 2.23. The number of hydrogen-bond donors (Lipinski definition) is 2. The van der Waals surface area contributed by atoms with Gasteiger partial charge in [-0.25, -0.2) is 0 Å². The van der Waals surface area contributed by atoms with Gasteiger partial charge in [-0.05, 0) is 14.1 Å². The van der Waals surface area contributed by atoms with Crippen molar-refractivity contribution in [3.05, 3.63) is 0 Å². The van der Waals surface area contributed by atoms with E-state index >= 15 is 0 Å². The average molecular weight is 271 g/mol. The third-order valence-corrected chi connectivity index (χ3v) is 1.88. The summed E-state index contributed by atoms with van der Waals surface area (Å²) >= 11 is 0. The fourth-order valence-electron chi connectivity index (χ4n) is 0.957. The van der Waals surface area contributed by atoms with Crippen LogP contribution in [0.15, 0.2) is 0 Å². The number of hydrogen-bond acceptors (Lipinski definition) is 4. The summed E-state index contributed by atoms with van der Waals surface area (Å²) in [5, 5.41) is 4.46. The van der Waals surface area contributed by atoms with Gasteiger partial charge in [0.1, 0.15) is 6.54 Å². The van der Waals surface area contributed by atoms with Gasteiger partial charge in [0, 0.05) is 13.1 Å². The number of likely N-dealkylation sites (N-methyl/N-ethyl adjacent to an activating group) is 1. The van der Waals surface area contributed by atoms with E-state index in [1.54, 1.807) is 5.32 Å². The first-order valence-corrected chi connectivity index (χ1v) is 5.58. The molecule has 0 aliphatic heterocycles. The molecular weight excluding hydrogens is 251 g/mol. The van der Waals surface area contributed by atoms with Crippen LogP contribution < -0.4 is 10.6 Å². The van der Waals surface area contributed by atoms with Crippen LogP contribution in [0.3, 0.4) is 0 Å². The second-order valence-corrected chi connectivity index (χ2v) is 3.98. The molecule has 18 heavy (non-hydrogen) atoms. The van der Waals surface area contributed by atoms with Crippen LogP contribution in [-0.2, 0) is 9.53 Å². The lowest BCUT2D eigenvalue weighted by molar-refractivity contribution is -0.137. The van der Waals surface area contributed by atoms with Gasteiger partial charge in [0.05, 0.1) is 19.8 Å². The zero-order valence-electron chi connectivity index (χ0n) is 10.6. The number of halogens is 3. The number of rotatable bonds is 9. The van der Waals surface area contributed by atoms with Crippen molar-refractivity contribution in [3.63, 3.8) is 0 Å². The summed E-state index contributed by atoms with van der Waals surface area (Å²) in [4.78, 5) is 12.9. The lowest BCUT2D eigenvalue weighted by Crippen LogP contribution is -2.40. The summed E-state index contributed by atoms with van der Waals surface area (Å²) < 4.78 is 40.5. The van der Waals surface area contributed by atoms with Crippen molar-refractivity contribution in [1.82, 2.24) is 15.5 Å². The Labute approximate surface area is 105 Å². The molecule has 2 N–H and O–H groups in total. The van der Waals surface area contributed by atoms with Crippen LogP contribution in [0.4, 0.5) is 13.2 Å². The minimum Gasteiger partial charge on any atom is -0.379 e. The van der Waals surface area contributed by atoms with Crippen molar-refractivity contribution in [1.29, 1.82) is 0 Å². The van der Waals surface area contributed by atoms with Crippen LogP contribution in [0.25, 0.3) is 0 Å². The van der Waals surface area contributed by atoms with Crippen molar-refractivity contribution < 1.29 is 22.7 Å². The number of nitrogens with zero attached hydrogens (tertiary/aromatic N) is 1. The van der Waals surface area contributed by atoms with Crippen molar-refractivity contribution in [2.75, 3.05) is 53.5 Å². The van der Waals surface area contributed by atoms with Gasteiger partial charge in [0.2, 0.25) is 5.91 Å². The van der Waals surface area contributed by atoms with E-state index in [1.165, 1.54) is 0 Å². The molecule has 0 rings (SSSR count). The molecule has 8 heteroatoms.